The highest BCUT2D eigenvalue weighted by Crippen LogP contribution is 2.23. The smallest absolute Gasteiger partial charge is 0.310 e. The minimum Gasteiger partial charge on any atom is -0.508 e. The minimum atomic E-state index is -0.853. The predicted molar refractivity (Wildman–Crippen MR) is 48.9 cm³/mol. The van der Waals surface area contributed by atoms with Gasteiger partial charge >= 0.3 is 5.97 Å². The van der Waals surface area contributed by atoms with Crippen molar-refractivity contribution in [2.24, 2.45) is 0 Å². The molecule has 13 heavy (non-hydrogen) atoms. The van der Waals surface area contributed by atoms with E-state index in [4.69, 9.17) is 10.2 Å². The molecule has 0 radical (unpaired) electrons. The van der Waals surface area contributed by atoms with Crippen LogP contribution >= 0.6 is 0 Å². The van der Waals surface area contributed by atoms with Crippen LogP contribution in [-0.2, 0) is 4.79 Å². The van der Waals surface area contributed by atoms with Gasteiger partial charge in [-0.3, -0.25) is 4.79 Å². The number of aromatic hydroxyl groups is 1. The molecule has 0 saturated carbocycles. The topological polar surface area (TPSA) is 57.5 Å². The van der Waals surface area contributed by atoms with Crippen LogP contribution in [0.3, 0.4) is 0 Å². The first kappa shape index (κ1) is 9.58. The van der Waals surface area contributed by atoms with Gasteiger partial charge in [-0.2, -0.15) is 0 Å². The van der Waals surface area contributed by atoms with Crippen LogP contribution < -0.4 is 0 Å². The lowest BCUT2D eigenvalue weighted by Gasteiger charge is -2.09. The van der Waals surface area contributed by atoms with E-state index >= 15 is 0 Å². The molecule has 1 aromatic rings. The Labute approximate surface area is 76.6 Å². The van der Waals surface area contributed by atoms with Crippen LogP contribution in [0.25, 0.3) is 0 Å². The van der Waals surface area contributed by atoms with Crippen molar-refractivity contribution in [1.29, 1.82) is 0 Å². The summed E-state index contributed by atoms with van der Waals surface area (Å²) in [5.41, 5.74) is 1.54. The van der Waals surface area contributed by atoms with Crippen molar-refractivity contribution < 1.29 is 15.0 Å². The van der Waals surface area contributed by atoms with Gasteiger partial charge in [0.05, 0.1) is 5.92 Å². The summed E-state index contributed by atoms with van der Waals surface area (Å²) in [6.07, 6.45) is 0. The molecular formula is C10H12O3. The fourth-order valence-electron chi connectivity index (χ4n) is 1.28. The summed E-state index contributed by atoms with van der Waals surface area (Å²) in [6, 6.07) is 4.71. The molecule has 0 fully saturated rings. The number of phenolic OH excluding ortho intramolecular Hbond substituents is 1. The third-order valence-electron chi connectivity index (χ3n) is 2.09. The maximum atomic E-state index is 10.7. The number of hydrogen-bond donors (Lipinski definition) is 2. The second kappa shape index (κ2) is 3.47. The molecule has 0 heterocycles. The zero-order valence-electron chi connectivity index (χ0n) is 7.61. The Kier molecular flexibility index (Phi) is 2.56. The van der Waals surface area contributed by atoms with Gasteiger partial charge in [0.1, 0.15) is 5.75 Å². The first-order valence-electron chi connectivity index (χ1n) is 4.04. The predicted octanol–water partition coefficient (Wildman–Crippen LogP) is 1.89. The first-order valence-corrected chi connectivity index (χ1v) is 4.04. The number of carboxylic acids is 1. The van der Waals surface area contributed by atoms with Crippen molar-refractivity contribution in [2.45, 2.75) is 19.8 Å². The summed E-state index contributed by atoms with van der Waals surface area (Å²) in [5.74, 6) is -1.21. The molecule has 3 heteroatoms. The van der Waals surface area contributed by atoms with Crippen LogP contribution in [0.5, 0.6) is 5.75 Å². The Morgan fingerprint density at radius 3 is 2.54 bits per heavy atom. The molecule has 1 atom stereocenters. The summed E-state index contributed by atoms with van der Waals surface area (Å²) in [6.45, 7) is 3.41. The maximum Gasteiger partial charge on any atom is 0.310 e. The fraction of sp³-hybridized carbons (Fsp3) is 0.300. The van der Waals surface area contributed by atoms with Gasteiger partial charge in [-0.15, -0.1) is 0 Å². The molecule has 1 unspecified atom stereocenters. The Morgan fingerprint density at radius 2 is 2.08 bits per heavy atom. The quantitative estimate of drug-likeness (QED) is 0.730. The number of hydrogen-bond acceptors (Lipinski definition) is 2. The molecule has 0 bridgehead atoms. The van der Waals surface area contributed by atoms with Gasteiger partial charge in [-0.05, 0) is 37.1 Å². The minimum absolute atomic E-state index is 0.166. The zero-order valence-corrected chi connectivity index (χ0v) is 7.61. The summed E-state index contributed by atoms with van der Waals surface area (Å²) < 4.78 is 0. The van der Waals surface area contributed by atoms with Crippen molar-refractivity contribution in [2.75, 3.05) is 0 Å². The van der Waals surface area contributed by atoms with Gasteiger partial charge < -0.3 is 10.2 Å². The van der Waals surface area contributed by atoms with Crippen LogP contribution in [0.1, 0.15) is 24.0 Å². The average molecular weight is 180 g/mol. The van der Waals surface area contributed by atoms with Crippen LogP contribution in [0.2, 0.25) is 0 Å². The molecule has 0 aliphatic rings. The van der Waals surface area contributed by atoms with Crippen LogP contribution in [-0.4, -0.2) is 16.2 Å². The molecule has 0 aromatic heterocycles. The standard InChI is InChI=1S/C10H12O3/c1-6-5-8(11)3-4-9(6)7(2)10(12)13/h3-5,7,11H,1-2H3,(H,12,13). The molecule has 0 amide bonds. The van der Waals surface area contributed by atoms with Crippen molar-refractivity contribution in [1.82, 2.24) is 0 Å². The molecule has 1 rings (SSSR count). The van der Waals surface area contributed by atoms with E-state index in [1.54, 1.807) is 26.0 Å². The summed E-state index contributed by atoms with van der Waals surface area (Å²) in [4.78, 5) is 10.7. The number of phenols is 1. The summed E-state index contributed by atoms with van der Waals surface area (Å²) in [7, 11) is 0. The van der Waals surface area contributed by atoms with Crippen molar-refractivity contribution in [3.8, 4) is 5.75 Å². The largest absolute Gasteiger partial charge is 0.508 e. The normalized spacial score (nSPS) is 12.5. The van der Waals surface area contributed by atoms with Crippen molar-refractivity contribution in [3.05, 3.63) is 29.3 Å². The van der Waals surface area contributed by atoms with Crippen molar-refractivity contribution >= 4 is 5.97 Å². The van der Waals surface area contributed by atoms with Gasteiger partial charge in [-0.25, -0.2) is 0 Å². The van der Waals surface area contributed by atoms with E-state index in [1.165, 1.54) is 6.07 Å². The average Bonchev–Trinajstić information content (AvgIpc) is 2.03. The molecule has 3 nitrogen and oxygen atoms in total. The Balaban J connectivity index is 3.08. The van der Waals surface area contributed by atoms with Gasteiger partial charge in [0.25, 0.3) is 0 Å². The lowest BCUT2D eigenvalue weighted by atomic mass is 9.96. The van der Waals surface area contributed by atoms with Gasteiger partial charge in [0.2, 0.25) is 0 Å². The van der Waals surface area contributed by atoms with Gasteiger partial charge in [0.15, 0.2) is 0 Å². The first-order chi connectivity index (χ1) is 6.02. The third-order valence-corrected chi connectivity index (χ3v) is 2.09. The van der Waals surface area contributed by atoms with E-state index in [1.807, 2.05) is 0 Å². The number of carbonyl (C=O) groups is 1. The maximum absolute atomic E-state index is 10.7. The van der Waals surface area contributed by atoms with E-state index in [-0.39, 0.29) is 5.75 Å². The zero-order chi connectivity index (χ0) is 10.0. The van der Waals surface area contributed by atoms with E-state index in [0.29, 0.717) is 0 Å². The Hall–Kier alpha value is -1.51. The van der Waals surface area contributed by atoms with E-state index in [2.05, 4.69) is 0 Å². The lowest BCUT2D eigenvalue weighted by molar-refractivity contribution is -0.138. The third kappa shape index (κ3) is 1.99. The van der Waals surface area contributed by atoms with Crippen LogP contribution in [0.15, 0.2) is 18.2 Å². The number of aryl methyl sites for hydroxylation is 1. The molecule has 0 aliphatic heterocycles. The number of carboxylic acid groups (broad SMARTS) is 1. The molecule has 0 aliphatic carbocycles. The molecule has 0 spiro atoms. The van der Waals surface area contributed by atoms with Crippen LogP contribution in [0, 0.1) is 6.92 Å². The molecule has 70 valence electrons. The fourth-order valence-corrected chi connectivity index (χ4v) is 1.28. The van der Waals surface area contributed by atoms with Crippen LogP contribution in [0.4, 0.5) is 0 Å². The van der Waals surface area contributed by atoms with E-state index < -0.39 is 11.9 Å². The van der Waals surface area contributed by atoms with E-state index in [9.17, 15) is 4.79 Å². The molecule has 0 saturated heterocycles. The Bertz CT molecular complexity index is 331. The van der Waals surface area contributed by atoms with E-state index in [0.717, 1.165) is 11.1 Å². The molecule has 2 N–H and O–H groups in total. The highest BCUT2D eigenvalue weighted by Gasteiger charge is 2.15. The van der Waals surface area contributed by atoms with Crippen molar-refractivity contribution in [3.63, 3.8) is 0 Å². The molecular weight excluding hydrogens is 168 g/mol. The number of benzene rings is 1. The van der Waals surface area contributed by atoms with Gasteiger partial charge in [-0.1, -0.05) is 6.07 Å². The lowest BCUT2D eigenvalue weighted by Crippen LogP contribution is -2.08. The highest BCUT2D eigenvalue weighted by atomic mass is 16.4. The van der Waals surface area contributed by atoms with Gasteiger partial charge in [0, 0.05) is 0 Å². The second-order valence-electron chi connectivity index (χ2n) is 3.10. The second-order valence-corrected chi connectivity index (χ2v) is 3.10. The molecule has 1 aromatic carbocycles. The highest BCUT2D eigenvalue weighted by molar-refractivity contribution is 5.76. The summed E-state index contributed by atoms with van der Waals surface area (Å²) >= 11 is 0. The monoisotopic (exact) mass is 180 g/mol. The number of rotatable bonds is 2. The number of aliphatic carboxylic acids is 1. The SMILES string of the molecule is Cc1cc(O)ccc1C(C)C(=O)O. The summed E-state index contributed by atoms with van der Waals surface area (Å²) in [5, 5.41) is 17.9. The Morgan fingerprint density at radius 1 is 1.46 bits per heavy atom.